The molecule has 1 aliphatic rings. The van der Waals surface area contributed by atoms with Gasteiger partial charge in [-0.05, 0) is 19.9 Å². The Labute approximate surface area is 140 Å². The summed E-state index contributed by atoms with van der Waals surface area (Å²) in [4.78, 5) is 14.1. The van der Waals surface area contributed by atoms with E-state index in [0.717, 1.165) is 0 Å². The smallest absolute Gasteiger partial charge is 0.254 e. The first-order chi connectivity index (χ1) is 11.1. The summed E-state index contributed by atoms with van der Waals surface area (Å²) in [5.41, 5.74) is -1.25. The second kappa shape index (κ2) is 7.10. The topological polar surface area (TPSA) is 69.6 Å². The molecule has 1 fully saturated rings. The third-order valence-corrected chi connectivity index (χ3v) is 5.37. The molecule has 1 aliphatic heterocycles. The lowest BCUT2D eigenvalue weighted by molar-refractivity contribution is 0.0878. The zero-order valence-corrected chi connectivity index (χ0v) is 14.2. The molecular weight excluding hydrogens is 345 g/mol. The van der Waals surface area contributed by atoms with Crippen LogP contribution >= 0.6 is 0 Å². The van der Waals surface area contributed by atoms with Gasteiger partial charge in [0.2, 0.25) is 5.82 Å². The summed E-state index contributed by atoms with van der Waals surface area (Å²) in [5.74, 6) is -6.11. The summed E-state index contributed by atoms with van der Waals surface area (Å²) in [6, 6.07) is 0.413. The van der Waals surface area contributed by atoms with Gasteiger partial charge in [0.05, 0.1) is 5.56 Å². The molecule has 1 aromatic carbocycles. The number of hydrogen-bond donors (Lipinski definition) is 2. The fourth-order valence-corrected chi connectivity index (χ4v) is 3.55. The number of carbonyl (C=O) groups excluding carboxylic acids is 1. The van der Waals surface area contributed by atoms with Crippen LogP contribution in [0.15, 0.2) is 6.07 Å². The van der Waals surface area contributed by atoms with Crippen molar-refractivity contribution >= 4 is 16.7 Å². The molecule has 9 heteroatoms. The summed E-state index contributed by atoms with van der Waals surface area (Å²) >= 11 is 0. The number of phenols is 1. The number of aromatic hydroxyl groups is 1. The Morgan fingerprint density at radius 3 is 2.46 bits per heavy atom. The first-order valence-corrected chi connectivity index (χ1v) is 8.87. The summed E-state index contributed by atoms with van der Waals surface area (Å²) in [6.45, 7) is 5.06. The molecule has 0 unspecified atom stereocenters. The van der Waals surface area contributed by atoms with Crippen LogP contribution in [0.5, 0.6) is 5.75 Å². The van der Waals surface area contributed by atoms with E-state index < -0.39 is 51.0 Å². The third kappa shape index (κ3) is 3.89. The van der Waals surface area contributed by atoms with Gasteiger partial charge in [-0.25, -0.2) is 8.78 Å². The highest BCUT2D eigenvalue weighted by atomic mass is 32.2. The van der Waals surface area contributed by atoms with Crippen molar-refractivity contribution in [3.63, 3.8) is 0 Å². The first kappa shape index (κ1) is 18.7. The molecule has 0 spiro atoms. The number of nitrogens with zero attached hydrogens (tertiary/aromatic N) is 1. The van der Waals surface area contributed by atoms with E-state index in [9.17, 15) is 22.2 Å². The van der Waals surface area contributed by atoms with Crippen LogP contribution in [-0.4, -0.2) is 56.8 Å². The molecule has 0 aliphatic carbocycles. The molecule has 0 radical (unpaired) electrons. The number of nitrogens with one attached hydrogen (secondary N) is 1. The second-order valence-corrected chi connectivity index (χ2v) is 7.91. The lowest BCUT2D eigenvalue weighted by Gasteiger charge is -2.40. The Hall–Kier alpha value is -1.61. The van der Waals surface area contributed by atoms with Crippen molar-refractivity contribution in [1.82, 2.24) is 10.2 Å². The molecule has 1 amide bonds. The summed E-state index contributed by atoms with van der Waals surface area (Å²) in [5, 5.41) is 11.6. The van der Waals surface area contributed by atoms with Crippen LogP contribution in [0.1, 0.15) is 24.2 Å². The van der Waals surface area contributed by atoms with Crippen molar-refractivity contribution in [2.75, 3.05) is 31.1 Å². The van der Waals surface area contributed by atoms with Crippen LogP contribution in [0.2, 0.25) is 0 Å². The Morgan fingerprint density at radius 2 is 1.88 bits per heavy atom. The minimum atomic E-state index is -1.73. The lowest BCUT2D eigenvalue weighted by Crippen LogP contribution is -2.55. The number of carbonyl (C=O) groups is 1. The number of rotatable bonds is 4. The average Bonchev–Trinajstić information content (AvgIpc) is 2.54. The zero-order chi connectivity index (χ0) is 18.1. The van der Waals surface area contributed by atoms with Gasteiger partial charge in [0.25, 0.3) is 5.91 Å². The molecule has 0 saturated carbocycles. The van der Waals surface area contributed by atoms with Crippen LogP contribution in [0.4, 0.5) is 13.2 Å². The maximum absolute atomic E-state index is 13.7. The maximum atomic E-state index is 13.7. The Morgan fingerprint density at radius 1 is 1.29 bits per heavy atom. The predicted octanol–water partition coefficient (Wildman–Crippen LogP) is 1.38. The van der Waals surface area contributed by atoms with Crippen LogP contribution < -0.4 is 5.32 Å². The van der Waals surface area contributed by atoms with Gasteiger partial charge in [0.1, 0.15) is 0 Å². The monoisotopic (exact) mass is 364 g/mol. The summed E-state index contributed by atoms with van der Waals surface area (Å²) < 4.78 is 51.5. The highest BCUT2D eigenvalue weighted by molar-refractivity contribution is 7.85. The number of phenolic OH excluding ortho intramolecular Hbond substituents is 1. The zero-order valence-electron chi connectivity index (χ0n) is 13.4. The van der Waals surface area contributed by atoms with Crippen molar-refractivity contribution in [3.05, 3.63) is 29.1 Å². The third-order valence-electron chi connectivity index (χ3n) is 4.09. The van der Waals surface area contributed by atoms with Gasteiger partial charge in [-0.3, -0.25) is 13.9 Å². The second-order valence-electron chi connectivity index (χ2n) is 6.21. The number of halogens is 3. The van der Waals surface area contributed by atoms with Crippen LogP contribution in [0.3, 0.4) is 0 Å². The van der Waals surface area contributed by atoms with Crippen molar-refractivity contribution in [2.45, 2.75) is 19.4 Å². The molecule has 2 N–H and O–H groups in total. The lowest BCUT2D eigenvalue weighted by atomic mass is 10.0. The van der Waals surface area contributed by atoms with Gasteiger partial charge in [-0.15, -0.1) is 0 Å². The van der Waals surface area contributed by atoms with Gasteiger partial charge in [0, 0.05) is 47.5 Å². The van der Waals surface area contributed by atoms with Crippen LogP contribution in [-0.2, 0) is 10.8 Å². The maximum Gasteiger partial charge on any atom is 0.254 e. The van der Waals surface area contributed by atoms with Gasteiger partial charge in [-0.1, -0.05) is 0 Å². The molecule has 5 nitrogen and oxygen atoms in total. The molecule has 0 atom stereocenters. The van der Waals surface area contributed by atoms with Crippen LogP contribution in [0, 0.1) is 17.5 Å². The van der Waals surface area contributed by atoms with E-state index in [2.05, 4.69) is 5.32 Å². The number of amides is 1. The van der Waals surface area contributed by atoms with E-state index >= 15 is 0 Å². The summed E-state index contributed by atoms with van der Waals surface area (Å²) in [7, 11) is -0.832. The Bertz CT molecular complexity index is 672. The summed E-state index contributed by atoms with van der Waals surface area (Å²) in [6.07, 6.45) is 0. The van der Waals surface area contributed by atoms with Crippen molar-refractivity contribution < 1.29 is 27.3 Å². The number of hydrogen-bond acceptors (Lipinski definition) is 4. The number of benzene rings is 1. The normalized spacial score (nSPS) is 17.0. The predicted molar refractivity (Wildman–Crippen MR) is 83.8 cm³/mol. The van der Waals surface area contributed by atoms with E-state index in [-0.39, 0.29) is 6.54 Å². The average molecular weight is 364 g/mol. The fourth-order valence-electron chi connectivity index (χ4n) is 2.50. The molecule has 134 valence electrons. The fraction of sp³-hybridized carbons (Fsp3) is 0.533. The molecule has 1 saturated heterocycles. The SMILES string of the molecule is CC(C)(CNC(=O)c1cc(F)c(F)c(O)c1F)N1CCS(=O)CC1. The van der Waals surface area contributed by atoms with Crippen molar-refractivity contribution in [2.24, 2.45) is 0 Å². The van der Waals surface area contributed by atoms with Gasteiger partial charge in [0.15, 0.2) is 17.4 Å². The van der Waals surface area contributed by atoms with E-state index in [1.54, 1.807) is 0 Å². The molecule has 24 heavy (non-hydrogen) atoms. The van der Waals surface area contributed by atoms with Crippen molar-refractivity contribution in [1.29, 1.82) is 0 Å². The highest BCUT2D eigenvalue weighted by Crippen LogP contribution is 2.26. The molecule has 0 bridgehead atoms. The van der Waals surface area contributed by atoms with Gasteiger partial charge >= 0.3 is 0 Å². The molecule has 1 heterocycles. The standard InChI is InChI=1S/C15H19F3N2O3S/c1-15(2,20-3-5-24(23)6-4-20)8-19-14(22)9-7-10(16)12(18)13(21)11(9)17/h7,21H,3-6,8H2,1-2H3,(H,19,22). The molecule has 2 rings (SSSR count). The van der Waals surface area contributed by atoms with Gasteiger partial charge < -0.3 is 10.4 Å². The minimum Gasteiger partial charge on any atom is -0.503 e. The largest absolute Gasteiger partial charge is 0.503 e. The highest BCUT2D eigenvalue weighted by Gasteiger charge is 2.31. The first-order valence-electron chi connectivity index (χ1n) is 7.38. The van der Waals surface area contributed by atoms with E-state index in [0.29, 0.717) is 30.7 Å². The van der Waals surface area contributed by atoms with E-state index in [4.69, 9.17) is 5.11 Å². The molecule has 0 aromatic heterocycles. The Kier molecular flexibility index (Phi) is 5.54. The van der Waals surface area contributed by atoms with E-state index in [1.165, 1.54) is 0 Å². The van der Waals surface area contributed by atoms with Crippen LogP contribution in [0.25, 0.3) is 0 Å². The van der Waals surface area contributed by atoms with Gasteiger partial charge in [-0.2, -0.15) is 4.39 Å². The van der Waals surface area contributed by atoms with E-state index in [1.807, 2.05) is 18.7 Å². The molecular formula is C15H19F3N2O3S. The minimum absolute atomic E-state index is 0.123. The molecule has 1 aromatic rings. The van der Waals surface area contributed by atoms with Crippen molar-refractivity contribution in [3.8, 4) is 5.75 Å². The Balaban J connectivity index is 2.06. The quantitative estimate of drug-likeness (QED) is 0.792.